The number of ether oxygens (including phenoxy) is 1. The molecule has 1 N–H and O–H groups in total. The zero-order valence-electron chi connectivity index (χ0n) is 22.1. The van der Waals surface area contributed by atoms with Crippen LogP contribution < -0.4 is 14.4 Å². The summed E-state index contributed by atoms with van der Waals surface area (Å²) in [4.78, 5) is 13.3. The second kappa shape index (κ2) is 11.0. The largest absolute Gasteiger partial charge is 0.495 e. The van der Waals surface area contributed by atoms with Crippen molar-refractivity contribution in [2.24, 2.45) is 0 Å². The normalized spacial score (nSPS) is 11.6. The van der Waals surface area contributed by atoms with E-state index >= 15 is 0 Å². The summed E-state index contributed by atoms with van der Waals surface area (Å²) in [6.45, 7) is 4.16. The fraction of sp³-hybridized carbons (Fsp3) is 0.167. The van der Waals surface area contributed by atoms with Crippen molar-refractivity contribution >= 4 is 72.3 Å². The van der Waals surface area contributed by atoms with E-state index in [1.54, 1.807) is 19.1 Å². The number of hydrogen-bond acceptors (Lipinski definition) is 4. The Hall–Kier alpha value is -3.72. The number of fused-ring (bicyclic) bond motifs is 3. The number of amides is 1. The van der Waals surface area contributed by atoms with E-state index in [0.29, 0.717) is 5.69 Å². The number of aryl methyl sites for hydroxylation is 2. The smallest absolute Gasteiger partial charge is 0.268 e. The van der Waals surface area contributed by atoms with Crippen LogP contribution in [0.25, 0.3) is 21.8 Å². The van der Waals surface area contributed by atoms with Crippen molar-refractivity contribution in [2.75, 3.05) is 23.3 Å². The van der Waals surface area contributed by atoms with Crippen LogP contribution >= 0.6 is 23.2 Å². The van der Waals surface area contributed by atoms with Gasteiger partial charge in [0.15, 0.2) is 0 Å². The first kappa shape index (κ1) is 27.8. The number of sulfonamides is 1. The zero-order chi connectivity index (χ0) is 28.6. The quantitative estimate of drug-likeness (QED) is 0.204. The van der Waals surface area contributed by atoms with E-state index in [1.165, 1.54) is 31.4 Å². The van der Waals surface area contributed by atoms with Gasteiger partial charge >= 0.3 is 0 Å². The summed E-state index contributed by atoms with van der Waals surface area (Å²) in [5.41, 5.74) is 3.61. The number of aromatic nitrogens is 1. The van der Waals surface area contributed by atoms with Gasteiger partial charge in [-0.05, 0) is 74.0 Å². The van der Waals surface area contributed by atoms with E-state index in [4.69, 9.17) is 27.9 Å². The van der Waals surface area contributed by atoms with Gasteiger partial charge in [0.05, 0.1) is 22.8 Å². The Morgan fingerprint density at radius 3 is 2.40 bits per heavy atom. The number of rotatable bonds is 8. The van der Waals surface area contributed by atoms with Crippen LogP contribution in [0.15, 0.2) is 83.8 Å². The van der Waals surface area contributed by atoms with Gasteiger partial charge in [0.2, 0.25) is 5.91 Å². The summed E-state index contributed by atoms with van der Waals surface area (Å²) in [6.07, 6.45) is 0. The van der Waals surface area contributed by atoms with Crippen LogP contribution in [0.4, 0.5) is 11.4 Å². The number of nitrogens with zero attached hydrogens (tertiary/aromatic N) is 2. The number of anilines is 2. The molecule has 0 saturated heterocycles. The third-order valence-corrected chi connectivity index (χ3v) is 9.27. The standard InChI is InChI=1S/C30H27Cl2N3O4S/c1-4-34-26-8-6-5-7-22(26)23-16-20(10-13-27(23)34)33-30(36)18-35(21-11-12-24(31)25(32)17-21)40(37,38)29-15-19(2)9-14-28(29)39-3/h5-17H,4,18H2,1-3H3,(H,33,36). The highest BCUT2D eigenvalue weighted by Crippen LogP contribution is 2.34. The number of para-hydroxylation sites is 1. The fourth-order valence-electron chi connectivity index (χ4n) is 4.86. The molecule has 0 atom stereocenters. The summed E-state index contributed by atoms with van der Waals surface area (Å²) in [6, 6.07) is 23.0. The van der Waals surface area contributed by atoms with Crippen LogP contribution in [0, 0.1) is 6.92 Å². The lowest BCUT2D eigenvalue weighted by atomic mass is 10.1. The van der Waals surface area contributed by atoms with E-state index in [9.17, 15) is 13.2 Å². The molecule has 0 fully saturated rings. The lowest BCUT2D eigenvalue weighted by Crippen LogP contribution is -2.38. The average Bonchev–Trinajstić information content (AvgIpc) is 3.26. The Kier molecular flexibility index (Phi) is 7.68. The molecular formula is C30H27Cl2N3O4S. The third kappa shape index (κ3) is 5.10. The predicted molar refractivity (Wildman–Crippen MR) is 162 cm³/mol. The Labute approximate surface area is 242 Å². The van der Waals surface area contributed by atoms with Gasteiger partial charge in [-0.15, -0.1) is 0 Å². The van der Waals surface area contributed by atoms with Crippen molar-refractivity contribution < 1.29 is 17.9 Å². The minimum absolute atomic E-state index is 0.0670. The molecule has 5 aromatic rings. The Bertz CT molecular complexity index is 1870. The van der Waals surface area contributed by atoms with Crippen LogP contribution in [0.3, 0.4) is 0 Å². The van der Waals surface area contributed by atoms with Gasteiger partial charge in [-0.3, -0.25) is 9.10 Å². The maximum Gasteiger partial charge on any atom is 0.268 e. The number of carbonyl (C=O) groups is 1. The SMILES string of the molecule is CCn1c2ccccc2c2cc(NC(=O)CN(c3ccc(Cl)c(Cl)c3)S(=O)(=O)c3cc(C)ccc3OC)ccc21. The van der Waals surface area contributed by atoms with Crippen LogP contribution in [0.2, 0.25) is 10.0 Å². The van der Waals surface area contributed by atoms with Crippen molar-refractivity contribution in [1.82, 2.24) is 4.57 Å². The summed E-state index contributed by atoms with van der Waals surface area (Å²) in [7, 11) is -2.86. The van der Waals surface area contributed by atoms with E-state index in [0.717, 1.165) is 38.2 Å². The maximum atomic E-state index is 14.0. The maximum absolute atomic E-state index is 14.0. The van der Waals surface area contributed by atoms with Gasteiger partial charge in [-0.2, -0.15) is 0 Å². The van der Waals surface area contributed by atoms with Gasteiger partial charge in [-0.25, -0.2) is 8.42 Å². The van der Waals surface area contributed by atoms with Crippen LogP contribution in [-0.2, 0) is 21.4 Å². The van der Waals surface area contributed by atoms with Gasteiger partial charge in [0.1, 0.15) is 17.2 Å². The highest BCUT2D eigenvalue weighted by Gasteiger charge is 2.31. The van der Waals surface area contributed by atoms with Gasteiger partial charge < -0.3 is 14.6 Å². The molecule has 0 aliphatic rings. The lowest BCUT2D eigenvalue weighted by molar-refractivity contribution is -0.114. The number of benzene rings is 4. The monoisotopic (exact) mass is 595 g/mol. The topological polar surface area (TPSA) is 80.6 Å². The molecule has 0 saturated carbocycles. The number of halogens is 2. The van der Waals surface area contributed by atoms with E-state index in [2.05, 4.69) is 22.9 Å². The molecule has 5 rings (SSSR count). The molecule has 0 unspecified atom stereocenters. The summed E-state index contributed by atoms with van der Waals surface area (Å²) in [5, 5.41) is 5.36. The molecule has 0 aliphatic carbocycles. The molecule has 0 bridgehead atoms. The molecule has 7 nitrogen and oxygen atoms in total. The third-order valence-electron chi connectivity index (χ3n) is 6.74. The molecule has 10 heteroatoms. The van der Waals surface area contributed by atoms with Crippen LogP contribution in [-0.4, -0.2) is 32.5 Å². The molecule has 1 amide bonds. The summed E-state index contributed by atoms with van der Waals surface area (Å²) < 4.78 is 36.5. The number of nitrogens with one attached hydrogen (secondary N) is 1. The van der Waals surface area contributed by atoms with Crippen molar-refractivity contribution in [2.45, 2.75) is 25.3 Å². The molecule has 4 aromatic carbocycles. The molecule has 1 heterocycles. The molecule has 206 valence electrons. The van der Waals surface area contributed by atoms with Gasteiger partial charge in [0.25, 0.3) is 10.0 Å². The molecule has 40 heavy (non-hydrogen) atoms. The summed E-state index contributed by atoms with van der Waals surface area (Å²) >= 11 is 12.3. The Balaban J connectivity index is 1.53. The van der Waals surface area contributed by atoms with Crippen LogP contribution in [0.1, 0.15) is 12.5 Å². The first-order chi connectivity index (χ1) is 19.1. The first-order valence-electron chi connectivity index (χ1n) is 12.6. The second-order valence-electron chi connectivity index (χ2n) is 9.31. The van der Waals surface area contributed by atoms with Crippen molar-refractivity contribution in [3.05, 3.63) is 94.5 Å². The van der Waals surface area contributed by atoms with Crippen molar-refractivity contribution in [3.8, 4) is 5.75 Å². The number of methoxy groups -OCH3 is 1. The van der Waals surface area contributed by atoms with E-state index in [1.807, 2.05) is 36.4 Å². The molecule has 1 aromatic heterocycles. The van der Waals surface area contributed by atoms with E-state index in [-0.39, 0.29) is 26.4 Å². The predicted octanol–water partition coefficient (Wildman–Crippen LogP) is 7.27. The minimum atomic E-state index is -4.26. The summed E-state index contributed by atoms with van der Waals surface area (Å²) in [5.74, 6) is -0.367. The molecule has 0 spiro atoms. The minimum Gasteiger partial charge on any atom is -0.495 e. The van der Waals surface area contributed by atoms with Gasteiger partial charge in [0, 0.05) is 34.0 Å². The Morgan fingerprint density at radius 2 is 1.68 bits per heavy atom. The van der Waals surface area contributed by atoms with Crippen molar-refractivity contribution in [3.63, 3.8) is 0 Å². The molecule has 0 radical (unpaired) electrons. The average molecular weight is 597 g/mol. The Morgan fingerprint density at radius 1 is 0.925 bits per heavy atom. The number of carbonyl (C=O) groups excluding carboxylic acids is 1. The molecular weight excluding hydrogens is 569 g/mol. The first-order valence-corrected chi connectivity index (χ1v) is 14.8. The lowest BCUT2D eigenvalue weighted by Gasteiger charge is -2.25. The van der Waals surface area contributed by atoms with E-state index < -0.39 is 22.5 Å². The highest BCUT2D eigenvalue weighted by molar-refractivity contribution is 7.93. The second-order valence-corrected chi connectivity index (χ2v) is 12.0. The zero-order valence-corrected chi connectivity index (χ0v) is 24.4. The van der Waals surface area contributed by atoms with Crippen LogP contribution in [0.5, 0.6) is 5.75 Å². The molecule has 0 aliphatic heterocycles. The van der Waals surface area contributed by atoms with Crippen molar-refractivity contribution in [1.29, 1.82) is 0 Å². The fourth-order valence-corrected chi connectivity index (χ4v) is 6.81. The number of hydrogen-bond donors (Lipinski definition) is 1. The highest BCUT2D eigenvalue weighted by atomic mass is 35.5. The van der Waals surface area contributed by atoms with Gasteiger partial charge in [-0.1, -0.05) is 47.5 Å².